The molecule has 0 aliphatic rings. The smallest absolute Gasteiger partial charge is 0.167 e. The van der Waals surface area contributed by atoms with E-state index in [9.17, 15) is 12.8 Å². The van der Waals surface area contributed by atoms with Crippen molar-refractivity contribution < 1.29 is 17.5 Å². The molecule has 0 saturated heterocycles. The maximum absolute atomic E-state index is 13.3. The highest BCUT2D eigenvalue weighted by Gasteiger charge is 2.09. The molecule has 6 heteroatoms. The molecule has 4 nitrogen and oxygen atoms in total. The van der Waals surface area contributed by atoms with Crippen LogP contribution in [-0.2, 0) is 9.84 Å². The molecule has 1 N–H and O–H groups in total. The summed E-state index contributed by atoms with van der Waals surface area (Å²) < 4.78 is 41.0. The summed E-state index contributed by atoms with van der Waals surface area (Å²) in [5.41, 5.74) is 0.542. The Hall–Kier alpha value is -1.30. The fourth-order valence-electron chi connectivity index (χ4n) is 1.54. The van der Waals surface area contributed by atoms with E-state index in [1.165, 1.54) is 19.2 Å². The average Bonchev–Trinajstić information content (AvgIpc) is 2.29. The number of sulfone groups is 1. The van der Waals surface area contributed by atoms with Gasteiger partial charge in [0.1, 0.15) is 0 Å². The van der Waals surface area contributed by atoms with E-state index in [2.05, 4.69) is 5.32 Å². The minimum Gasteiger partial charge on any atom is -0.494 e. The van der Waals surface area contributed by atoms with Gasteiger partial charge in [0, 0.05) is 24.1 Å². The first-order valence-corrected chi connectivity index (χ1v) is 7.58. The zero-order valence-corrected chi connectivity index (χ0v) is 11.4. The van der Waals surface area contributed by atoms with Gasteiger partial charge in [0.15, 0.2) is 21.4 Å². The van der Waals surface area contributed by atoms with Crippen LogP contribution in [0.3, 0.4) is 0 Å². The zero-order chi connectivity index (χ0) is 13.6. The lowest BCUT2D eigenvalue weighted by Crippen LogP contribution is -2.18. The Morgan fingerprint density at radius 3 is 2.61 bits per heavy atom. The van der Waals surface area contributed by atoms with Crippen molar-refractivity contribution in [1.29, 1.82) is 0 Å². The largest absolute Gasteiger partial charge is 0.494 e. The molecule has 18 heavy (non-hydrogen) atoms. The molecule has 0 aliphatic heterocycles. The number of anilines is 1. The van der Waals surface area contributed by atoms with Crippen LogP contribution in [-0.4, -0.2) is 33.6 Å². The van der Waals surface area contributed by atoms with Gasteiger partial charge >= 0.3 is 0 Å². The maximum Gasteiger partial charge on any atom is 0.167 e. The van der Waals surface area contributed by atoms with Gasteiger partial charge < -0.3 is 10.1 Å². The topological polar surface area (TPSA) is 55.4 Å². The molecule has 0 atom stereocenters. The van der Waals surface area contributed by atoms with Crippen molar-refractivity contribution in [1.82, 2.24) is 0 Å². The lowest BCUT2D eigenvalue weighted by Gasteiger charge is -2.08. The van der Waals surface area contributed by atoms with Gasteiger partial charge in [-0.2, -0.15) is 0 Å². The summed E-state index contributed by atoms with van der Waals surface area (Å²) in [5.74, 6) is -0.0711. The Labute approximate surface area is 107 Å². The van der Waals surface area contributed by atoms with Crippen LogP contribution < -0.4 is 10.1 Å². The van der Waals surface area contributed by atoms with Crippen LogP contribution in [0.5, 0.6) is 5.75 Å². The van der Waals surface area contributed by atoms with E-state index >= 15 is 0 Å². The number of hydrogen-bond acceptors (Lipinski definition) is 4. The molecule has 0 unspecified atom stereocenters. The normalized spacial score (nSPS) is 11.3. The summed E-state index contributed by atoms with van der Waals surface area (Å²) in [6.07, 6.45) is 0.611. The Kier molecular flexibility index (Phi) is 5.40. The summed E-state index contributed by atoms with van der Waals surface area (Å²) >= 11 is 0. The number of rotatable bonds is 7. The first kappa shape index (κ1) is 14.8. The van der Waals surface area contributed by atoms with E-state index in [0.29, 0.717) is 12.1 Å². The van der Waals surface area contributed by atoms with E-state index in [0.717, 1.165) is 0 Å². The second kappa shape index (κ2) is 6.58. The third kappa shape index (κ3) is 4.52. The fourth-order valence-corrected chi connectivity index (χ4v) is 2.78. The van der Waals surface area contributed by atoms with E-state index in [1.54, 1.807) is 6.07 Å². The van der Waals surface area contributed by atoms with Crippen molar-refractivity contribution in [3.05, 3.63) is 24.0 Å². The van der Waals surface area contributed by atoms with Crippen molar-refractivity contribution in [3.8, 4) is 5.75 Å². The second-order valence-electron chi connectivity index (χ2n) is 3.93. The molecule has 102 valence electrons. The molecular formula is C12H18FNO3S. The predicted octanol–water partition coefficient (Wildman–Crippen LogP) is 2.07. The summed E-state index contributed by atoms with van der Waals surface area (Å²) in [5, 5.41) is 2.88. The molecule has 0 aromatic heterocycles. The summed E-state index contributed by atoms with van der Waals surface area (Å²) in [6.45, 7) is 2.10. The van der Waals surface area contributed by atoms with Gasteiger partial charge in [-0.1, -0.05) is 6.92 Å². The van der Waals surface area contributed by atoms with E-state index in [1.807, 2.05) is 6.92 Å². The van der Waals surface area contributed by atoms with Crippen LogP contribution in [0.2, 0.25) is 0 Å². The van der Waals surface area contributed by atoms with Gasteiger partial charge in [0.2, 0.25) is 0 Å². The number of benzene rings is 1. The molecule has 0 amide bonds. The molecule has 1 rings (SSSR count). The highest BCUT2D eigenvalue weighted by atomic mass is 32.2. The number of halogens is 1. The first-order chi connectivity index (χ1) is 8.48. The van der Waals surface area contributed by atoms with Crippen LogP contribution in [0.15, 0.2) is 18.2 Å². The molecular weight excluding hydrogens is 257 g/mol. The summed E-state index contributed by atoms with van der Waals surface area (Å²) in [7, 11) is -1.61. The highest BCUT2D eigenvalue weighted by molar-refractivity contribution is 7.91. The summed E-state index contributed by atoms with van der Waals surface area (Å²) in [6, 6.07) is 4.43. The molecule has 1 aromatic rings. The van der Waals surface area contributed by atoms with Crippen molar-refractivity contribution in [2.24, 2.45) is 0 Å². The van der Waals surface area contributed by atoms with Gasteiger partial charge in [-0.25, -0.2) is 12.8 Å². The van der Waals surface area contributed by atoms with Crippen LogP contribution in [0.25, 0.3) is 0 Å². The Morgan fingerprint density at radius 1 is 1.33 bits per heavy atom. The van der Waals surface area contributed by atoms with Gasteiger partial charge in [-0.05, 0) is 18.6 Å². The lowest BCUT2D eigenvalue weighted by molar-refractivity contribution is 0.386. The lowest BCUT2D eigenvalue weighted by atomic mass is 10.3. The Morgan fingerprint density at radius 2 is 2.06 bits per heavy atom. The van der Waals surface area contributed by atoms with Crippen molar-refractivity contribution in [2.75, 3.05) is 30.5 Å². The highest BCUT2D eigenvalue weighted by Crippen LogP contribution is 2.20. The number of ether oxygens (including phenoxy) is 1. The zero-order valence-electron chi connectivity index (χ0n) is 10.6. The Balaban J connectivity index is 2.52. The van der Waals surface area contributed by atoms with Crippen molar-refractivity contribution in [2.45, 2.75) is 13.3 Å². The quantitative estimate of drug-likeness (QED) is 0.827. The monoisotopic (exact) mass is 275 g/mol. The summed E-state index contributed by atoms with van der Waals surface area (Å²) in [4.78, 5) is 0. The van der Waals surface area contributed by atoms with Crippen molar-refractivity contribution in [3.63, 3.8) is 0 Å². The second-order valence-corrected chi connectivity index (χ2v) is 6.23. The predicted molar refractivity (Wildman–Crippen MR) is 70.4 cm³/mol. The molecule has 0 fully saturated rings. The third-order valence-corrected chi connectivity index (χ3v) is 4.27. The SMILES string of the molecule is CCCS(=O)(=O)CCNc1ccc(OC)c(F)c1. The van der Waals surface area contributed by atoms with Crippen LogP contribution in [0.1, 0.15) is 13.3 Å². The van der Waals surface area contributed by atoms with Crippen LogP contribution >= 0.6 is 0 Å². The van der Waals surface area contributed by atoms with E-state index < -0.39 is 15.7 Å². The van der Waals surface area contributed by atoms with Crippen LogP contribution in [0.4, 0.5) is 10.1 Å². The molecule has 0 radical (unpaired) electrons. The molecule has 1 aromatic carbocycles. The fraction of sp³-hybridized carbons (Fsp3) is 0.500. The minimum atomic E-state index is -3.01. The van der Waals surface area contributed by atoms with Gasteiger partial charge in [0.05, 0.1) is 12.9 Å². The standard InChI is InChI=1S/C12H18FNO3S/c1-3-7-18(15,16)8-6-14-10-4-5-12(17-2)11(13)9-10/h4-5,9,14H,3,6-8H2,1-2H3. The van der Waals surface area contributed by atoms with Crippen LogP contribution in [0, 0.1) is 5.82 Å². The van der Waals surface area contributed by atoms with E-state index in [4.69, 9.17) is 4.74 Å². The molecule has 0 aliphatic carbocycles. The minimum absolute atomic E-state index is 0.0501. The average molecular weight is 275 g/mol. The van der Waals surface area contributed by atoms with Gasteiger partial charge in [-0.15, -0.1) is 0 Å². The maximum atomic E-state index is 13.3. The molecule has 0 spiro atoms. The molecule has 0 saturated carbocycles. The van der Waals surface area contributed by atoms with Gasteiger partial charge in [-0.3, -0.25) is 0 Å². The van der Waals surface area contributed by atoms with Crippen molar-refractivity contribution >= 4 is 15.5 Å². The third-order valence-electron chi connectivity index (χ3n) is 2.41. The number of hydrogen-bond donors (Lipinski definition) is 1. The molecule has 0 bridgehead atoms. The Bertz CT molecular complexity index is 488. The van der Waals surface area contributed by atoms with E-state index in [-0.39, 0.29) is 23.8 Å². The number of nitrogens with one attached hydrogen (secondary N) is 1. The number of methoxy groups -OCH3 is 1. The van der Waals surface area contributed by atoms with Gasteiger partial charge in [0.25, 0.3) is 0 Å². The molecule has 0 heterocycles. The first-order valence-electron chi connectivity index (χ1n) is 5.76.